The average Bonchev–Trinajstić information content (AvgIpc) is 2.13. The van der Waals surface area contributed by atoms with Crippen molar-refractivity contribution in [3.63, 3.8) is 0 Å². The monoisotopic (exact) mass is 243 g/mol. The van der Waals surface area contributed by atoms with Crippen LogP contribution in [0.3, 0.4) is 0 Å². The summed E-state index contributed by atoms with van der Waals surface area (Å²) < 4.78 is 0.999. The van der Waals surface area contributed by atoms with Crippen LogP contribution in [0, 0.1) is 0 Å². The number of nitrogens with zero attached hydrogens (tertiary/aromatic N) is 2. The molecule has 0 amide bonds. The Balaban J connectivity index is 2.89. The van der Waals surface area contributed by atoms with Gasteiger partial charge in [-0.25, -0.2) is 9.97 Å². The lowest BCUT2D eigenvalue weighted by Gasteiger charge is -2.07. The second-order valence-electron chi connectivity index (χ2n) is 2.76. The minimum Gasteiger partial charge on any atom is -0.369 e. The first kappa shape index (κ1) is 10.4. The first-order valence-electron chi connectivity index (χ1n) is 4.52. The van der Waals surface area contributed by atoms with Crippen molar-refractivity contribution in [2.45, 2.75) is 26.7 Å². The molecule has 0 bridgehead atoms. The van der Waals surface area contributed by atoms with Crippen LogP contribution in [0.5, 0.6) is 0 Å². The maximum atomic E-state index is 4.21. The molecule has 0 saturated heterocycles. The summed E-state index contributed by atoms with van der Waals surface area (Å²) in [6.45, 7) is 5.07. The van der Waals surface area contributed by atoms with E-state index in [1.807, 2.05) is 6.92 Å². The minimum atomic E-state index is 0.876. The predicted octanol–water partition coefficient (Wildman–Crippen LogP) is 2.62. The molecule has 1 N–H and O–H groups in total. The second-order valence-corrected chi connectivity index (χ2v) is 3.56. The van der Waals surface area contributed by atoms with Crippen LogP contribution in [0.25, 0.3) is 0 Å². The van der Waals surface area contributed by atoms with Gasteiger partial charge in [-0.15, -0.1) is 0 Å². The lowest BCUT2D eigenvalue weighted by Crippen LogP contribution is -2.03. The molecule has 0 unspecified atom stereocenters. The van der Waals surface area contributed by atoms with E-state index in [0.29, 0.717) is 0 Å². The van der Waals surface area contributed by atoms with Gasteiger partial charge in [0.15, 0.2) is 0 Å². The third kappa shape index (κ3) is 2.66. The Hall–Kier alpha value is -0.640. The van der Waals surface area contributed by atoms with Gasteiger partial charge in [-0.1, -0.05) is 13.3 Å². The quantitative estimate of drug-likeness (QED) is 0.884. The molecule has 1 rings (SSSR count). The van der Waals surface area contributed by atoms with E-state index >= 15 is 0 Å². The number of anilines is 1. The number of hydrogen-bond acceptors (Lipinski definition) is 3. The lowest BCUT2D eigenvalue weighted by atomic mass is 10.2. The Labute approximate surface area is 87.1 Å². The third-order valence-electron chi connectivity index (χ3n) is 1.69. The van der Waals surface area contributed by atoms with Crippen molar-refractivity contribution < 1.29 is 0 Å². The number of nitrogens with one attached hydrogen (secondary N) is 1. The largest absolute Gasteiger partial charge is 0.369 e. The minimum absolute atomic E-state index is 0.876. The summed E-state index contributed by atoms with van der Waals surface area (Å²) in [4.78, 5) is 8.35. The molecule has 72 valence electrons. The van der Waals surface area contributed by atoms with E-state index in [-0.39, 0.29) is 0 Å². The smallest absolute Gasteiger partial charge is 0.144 e. The number of hydrogen-bond donors (Lipinski definition) is 1. The number of halogens is 1. The van der Waals surface area contributed by atoms with Gasteiger partial charge in [0, 0.05) is 6.54 Å². The van der Waals surface area contributed by atoms with Crippen molar-refractivity contribution in [2.75, 3.05) is 11.9 Å². The van der Waals surface area contributed by atoms with Gasteiger partial charge in [0.2, 0.25) is 0 Å². The fourth-order valence-electron chi connectivity index (χ4n) is 1.11. The molecule has 1 aromatic heterocycles. The van der Waals surface area contributed by atoms with Gasteiger partial charge in [0.25, 0.3) is 0 Å². The maximum absolute atomic E-state index is 4.21. The molecule has 1 heterocycles. The highest BCUT2D eigenvalue weighted by atomic mass is 79.9. The fraction of sp³-hybridized carbons (Fsp3) is 0.556. The highest BCUT2D eigenvalue weighted by Gasteiger charge is 2.05. The van der Waals surface area contributed by atoms with Crippen LogP contribution in [-0.4, -0.2) is 16.5 Å². The standard InChI is InChI=1S/C9H14BrN3/c1-3-5-7-8(10)9(11-4-2)13-6-12-7/h6H,3-5H2,1-2H3,(H,11,12,13). The molecule has 0 fully saturated rings. The summed E-state index contributed by atoms with van der Waals surface area (Å²) in [5, 5.41) is 3.18. The van der Waals surface area contributed by atoms with Gasteiger partial charge in [-0.05, 0) is 29.3 Å². The second kappa shape index (κ2) is 5.17. The molecule has 0 aliphatic heterocycles. The van der Waals surface area contributed by atoms with Crippen LogP contribution in [0.4, 0.5) is 5.82 Å². The van der Waals surface area contributed by atoms with Crippen molar-refractivity contribution >= 4 is 21.7 Å². The molecule has 13 heavy (non-hydrogen) atoms. The van der Waals surface area contributed by atoms with Gasteiger partial charge < -0.3 is 5.32 Å². The number of rotatable bonds is 4. The van der Waals surface area contributed by atoms with E-state index in [2.05, 4.69) is 38.1 Å². The molecule has 4 heteroatoms. The predicted molar refractivity (Wildman–Crippen MR) is 57.9 cm³/mol. The van der Waals surface area contributed by atoms with Crippen LogP contribution in [0.1, 0.15) is 26.0 Å². The Kier molecular flexibility index (Phi) is 4.15. The van der Waals surface area contributed by atoms with Crippen molar-refractivity contribution in [2.24, 2.45) is 0 Å². The summed E-state index contributed by atoms with van der Waals surface area (Å²) in [6, 6.07) is 0. The van der Waals surface area contributed by atoms with Crippen LogP contribution < -0.4 is 5.32 Å². The molecule has 1 aromatic rings. The van der Waals surface area contributed by atoms with Crippen molar-refractivity contribution in [1.29, 1.82) is 0 Å². The van der Waals surface area contributed by atoms with Crippen molar-refractivity contribution in [3.8, 4) is 0 Å². The van der Waals surface area contributed by atoms with Gasteiger partial charge in [0.05, 0.1) is 10.2 Å². The Morgan fingerprint density at radius 1 is 1.38 bits per heavy atom. The highest BCUT2D eigenvalue weighted by Crippen LogP contribution is 2.22. The van der Waals surface area contributed by atoms with E-state index in [4.69, 9.17) is 0 Å². The molecule has 0 radical (unpaired) electrons. The van der Waals surface area contributed by atoms with Crippen LogP contribution >= 0.6 is 15.9 Å². The fourth-order valence-corrected chi connectivity index (χ4v) is 1.65. The van der Waals surface area contributed by atoms with Crippen LogP contribution in [0.15, 0.2) is 10.8 Å². The van der Waals surface area contributed by atoms with E-state index in [1.54, 1.807) is 6.33 Å². The molecule has 0 atom stereocenters. The van der Waals surface area contributed by atoms with E-state index < -0.39 is 0 Å². The van der Waals surface area contributed by atoms with E-state index in [0.717, 1.165) is 35.4 Å². The summed E-state index contributed by atoms with van der Waals surface area (Å²) in [5.41, 5.74) is 1.08. The number of aryl methyl sites for hydroxylation is 1. The molecule has 0 saturated carbocycles. The molecule has 0 aliphatic rings. The van der Waals surface area contributed by atoms with Gasteiger partial charge >= 0.3 is 0 Å². The molecule has 0 spiro atoms. The van der Waals surface area contributed by atoms with E-state index in [9.17, 15) is 0 Å². The van der Waals surface area contributed by atoms with E-state index in [1.165, 1.54) is 0 Å². The van der Waals surface area contributed by atoms with Crippen molar-refractivity contribution in [3.05, 3.63) is 16.5 Å². The summed E-state index contributed by atoms with van der Waals surface area (Å²) in [5.74, 6) is 0.890. The normalized spacial score (nSPS) is 10.1. The topological polar surface area (TPSA) is 37.8 Å². The first-order chi connectivity index (χ1) is 6.29. The molecule has 0 aliphatic carbocycles. The molecular weight excluding hydrogens is 230 g/mol. The Morgan fingerprint density at radius 3 is 2.77 bits per heavy atom. The summed E-state index contributed by atoms with van der Waals surface area (Å²) in [6.07, 6.45) is 3.69. The lowest BCUT2D eigenvalue weighted by molar-refractivity contribution is 0.864. The van der Waals surface area contributed by atoms with Crippen LogP contribution in [0.2, 0.25) is 0 Å². The molecule has 0 aromatic carbocycles. The third-order valence-corrected chi connectivity index (χ3v) is 2.53. The average molecular weight is 244 g/mol. The number of aromatic nitrogens is 2. The Bertz CT molecular complexity index is 251. The maximum Gasteiger partial charge on any atom is 0.144 e. The zero-order chi connectivity index (χ0) is 9.68. The summed E-state index contributed by atoms with van der Waals surface area (Å²) >= 11 is 3.50. The van der Waals surface area contributed by atoms with Gasteiger partial charge in [-0.3, -0.25) is 0 Å². The zero-order valence-electron chi connectivity index (χ0n) is 7.97. The first-order valence-corrected chi connectivity index (χ1v) is 5.32. The van der Waals surface area contributed by atoms with Gasteiger partial charge in [0.1, 0.15) is 12.1 Å². The molecular formula is C9H14BrN3. The van der Waals surface area contributed by atoms with Gasteiger partial charge in [-0.2, -0.15) is 0 Å². The SMILES string of the molecule is CCCc1ncnc(NCC)c1Br. The zero-order valence-corrected chi connectivity index (χ0v) is 9.56. The highest BCUT2D eigenvalue weighted by molar-refractivity contribution is 9.10. The van der Waals surface area contributed by atoms with Crippen molar-refractivity contribution in [1.82, 2.24) is 9.97 Å². The molecule has 3 nitrogen and oxygen atoms in total. The van der Waals surface area contributed by atoms with Crippen LogP contribution in [-0.2, 0) is 6.42 Å². The Morgan fingerprint density at radius 2 is 2.15 bits per heavy atom. The summed E-state index contributed by atoms with van der Waals surface area (Å²) in [7, 11) is 0.